The summed E-state index contributed by atoms with van der Waals surface area (Å²) in [6.07, 6.45) is -0.323. The van der Waals surface area contributed by atoms with Crippen molar-refractivity contribution in [3.05, 3.63) is 11.1 Å². The van der Waals surface area contributed by atoms with Crippen molar-refractivity contribution in [1.29, 1.82) is 0 Å². The maximum absolute atomic E-state index is 12.7. The van der Waals surface area contributed by atoms with Gasteiger partial charge in [-0.15, -0.1) is 0 Å². The van der Waals surface area contributed by atoms with Crippen molar-refractivity contribution in [1.82, 2.24) is 10.3 Å². The molecule has 1 aromatic heterocycles. The number of aromatic hydroxyl groups is 2. The average Bonchev–Trinajstić information content (AvgIpc) is 2.58. The highest BCUT2D eigenvalue weighted by Crippen LogP contribution is 2.30. The lowest BCUT2D eigenvalue weighted by Gasteiger charge is -2.24. The van der Waals surface area contributed by atoms with Crippen LogP contribution in [0.1, 0.15) is 57.0 Å². The number of ketones is 1. The fourth-order valence-electron chi connectivity index (χ4n) is 2.19. The summed E-state index contributed by atoms with van der Waals surface area (Å²) in [4.78, 5) is 26.9. The summed E-state index contributed by atoms with van der Waals surface area (Å²) in [5.41, 5.74) is -0.462. The minimum Gasteiger partial charge on any atom is -0.494 e. The molecule has 1 rings (SSSR count). The first-order valence-corrected chi connectivity index (χ1v) is 7.56. The van der Waals surface area contributed by atoms with Gasteiger partial charge >= 0.3 is 6.09 Å². The molecule has 0 aliphatic rings. The molecule has 1 heterocycles. The molecule has 0 fully saturated rings. The molecule has 130 valence electrons. The second kappa shape index (κ2) is 6.93. The van der Waals surface area contributed by atoms with Crippen LogP contribution in [-0.4, -0.2) is 38.7 Å². The van der Waals surface area contributed by atoms with Gasteiger partial charge in [-0.25, -0.2) is 4.79 Å². The highest BCUT2D eigenvalue weighted by Gasteiger charge is 2.30. The van der Waals surface area contributed by atoms with Crippen LogP contribution in [0.2, 0.25) is 0 Å². The van der Waals surface area contributed by atoms with Gasteiger partial charge in [0.2, 0.25) is 5.88 Å². The van der Waals surface area contributed by atoms with E-state index in [1.54, 1.807) is 20.8 Å². The largest absolute Gasteiger partial charge is 0.494 e. The van der Waals surface area contributed by atoms with Gasteiger partial charge in [0.05, 0.1) is 11.6 Å². The molecular weight excluding hydrogens is 300 g/mol. The predicted molar refractivity (Wildman–Crippen MR) is 85.8 cm³/mol. The number of alkyl carbamates (subject to hydrolysis) is 1. The van der Waals surface area contributed by atoms with Crippen LogP contribution in [-0.2, 0) is 4.74 Å². The number of carbonyl (C=O) groups is 2. The number of ether oxygens (including phenoxy) is 1. The molecule has 7 heteroatoms. The number of nitrogens with one attached hydrogen (secondary N) is 2. The van der Waals surface area contributed by atoms with Gasteiger partial charge in [-0.3, -0.25) is 9.78 Å². The zero-order valence-corrected chi connectivity index (χ0v) is 14.5. The summed E-state index contributed by atoms with van der Waals surface area (Å²) in [7, 11) is 0. The number of hydrogen-bond acceptors (Lipinski definition) is 5. The highest BCUT2D eigenvalue weighted by molar-refractivity contribution is 6.05. The number of hydrogen-bond donors (Lipinski definition) is 4. The lowest BCUT2D eigenvalue weighted by atomic mass is 9.95. The lowest BCUT2D eigenvalue weighted by Crippen LogP contribution is -2.44. The third-order valence-corrected chi connectivity index (χ3v) is 3.16. The number of Topliss-reactive ketones (excluding diaryl/α,β-unsaturated/α-hetero) is 1. The topological polar surface area (TPSA) is 112 Å². The fourth-order valence-corrected chi connectivity index (χ4v) is 2.19. The zero-order valence-electron chi connectivity index (χ0n) is 14.5. The summed E-state index contributed by atoms with van der Waals surface area (Å²) in [6, 6.07) is -0.857. The lowest BCUT2D eigenvalue weighted by molar-refractivity contribution is 0.0484. The SMILES string of the molecule is Cc1c(O)[nH]c(O)c1C(=O)[C@H](CC(C)C)NC(=O)OC(C)(C)C. The van der Waals surface area contributed by atoms with E-state index in [0.29, 0.717) is 6.42 Å². The first-order valence-electron chi connectivity index (χ1n) is 7.56. The monoisotopic (exact) mass is 326 g/mol. The van der Waals surface area contributed by atoms with Crippen LogP contribution in [0.15, 0.2) is 0 Å². The summed E-state index contributed by atoms with van der Waals surface area (Å²) in [5.74, 6) is -1.03. The summed E-state index contributed by atoms with van der Waals surface area (Å²) in [6.45, 7) is 10.5. The smallest absolute Gasteiger partial charge is 0.408 e. The minimum absolute atomic E-state index is 0.0239. The van der Waals surface area contributed by atoms with Crippen LogP contribution in [0.5, 0.6) is 11.8 Å². The fraction of sp³-hybridized carbons (Fsp3) is 0.625. The Morgan fingerprint density at radius 1 is 1.22 bits per heavy atom. The maximum atomic E-state index is 12.7. The first kappa shape index (κ1) is 18.9. The minimum atomic E-state index is -0.857. The normalized spacial score (nSPS) is 13.0. The third kappa shape index (κ3) is 5.19. The third-order valence-electron chi connectivity index (χ3n) is 3.16. The molecule has 0 bridgehead atoms. The van der Waals surface area contributed by atoms with Crippen molar-refractivity contribution in [3.8, 4) is 11.8 Å². The molecule has 1 aromatic rings. The van der Waals surface area contributed by atoms with Gasteiger partial charge in [0.25, 0.3) is 0 Å². The molecule has 0 unspecified atom stereocenters. The summed E-state index contributed by atoms with van der Waals surface area (Å²) >= 11 is 0. The second-order valence-electron chi connectivity index (χ2n) is 7.01. The van der Waals surface area contributed by atoms with Gasteiger partial charge in [-0.2, -0.15) is 0 Å². The Morgan fingerprint density at radius 3 is 2.17 bits per heavy atom. The number of aromatic amines is 1. The van der Waals surface area contributed by atoms with Crippen molar-refractivity contribution in [2.75, 3.05) is 0 Å². The molecule has 0 spiro atoms. The summed E-state index contributed by atoms with van der Waals surface area (Å²) < 4.78 is 5.18. The molecule has 4 N–H and O–H groups in total. The van der Waals surface area contributed by atoms with Crippen LogP contribution in [0.4, 0.5) is 4.79 Å². The summed E-state index contributed by atoms with van der Waals surface area (Å²) in [5, 5.41) is 21.9. The Bertz CT molecular complexity index is 584. The van der Waals surface area contributed by atoms with Gasteiger partial charge in [-0.1, -0.05) is 13.8 Å². The van der Waals surface area contributed by atoms with E-state index in [1.165, 1.54) is 6.92 Å². The molecule has 1 amide bonds. The molecule has 0 aromatic carbocycles. The molecular formula is C16H26N2O5. The molecule has 0 aliphatic heterocycles. The molecule has 0 aliphatic carbocycles. The molecule has 7 nitrogen and oxygen atoms in total. The van der Waals surface area contributed by atoms with Gasteiger partial charge in [0.15, 0.2) is 11.7 Å². The molecule has 0 radical (unpaired) electrons. The molecule has 0 saturated heterocycles. The van der Waals surface area contributed by atoms with E-state index in [9.17, 15) is 19.8 Å². The quantitative estimate of drug-likeness (QED) is 0.622. The van der Waals surface area contributed by atoms with Gasteiger partial charge in [0.1, 0.15) is 5.60 Å². The standard InChI is InChI=1S/C16H26N2O5/c1-8(2)7-10(17-15(22)23-16(4,5)6)12(19)11-9(3)13(20)18-14(11)21/h8,10,18,20-21H,7H2,1-6H3,(H,17,22)/t10-/m0/s1. The van der Waals surface area contributed by atoms with Crippen LogP contribution < -0.4 is 5.32 Å². The number of rotatable bonds is 5. The Labute approximate surface area is 136 Å². The Hall–Kier alpha value is -2.18. The molecule has 1 atom stereocenters. The van der Waals surface area contributed by atoms with E-state index >= 15 is 0 Å². The Kier molecular flexibility index (Phi) is 5.69. The van der Waals surface area contributed by atoms with E-state index in [2.05, 4.69) is 10.3 Å². The second-order valence-corrected chi connectivity index (χ2v) is 7.01. The van der Waals surface area contributed by atoms with Crippen LogP contribution in [0.3, 0.4) is 0 Å². The van der Waals surface area contributed by atoms with Crippen molar-refractivity contribution in [2.45, 2.75) is 59.6 Å². The van der Waals surface area contributed by atoms with Crippen molar-refractivity contribution in [3.63, 3.8) is 0 Å². The Balaban J connectivity index is 3.02. The molecule has 0 saturated carbocycles. The van der Waals surface area contributed by atoms with Crippen LogP contribution in [0.25, 0.3) is 0 Å². The van der Waals surface area contributed by atoms with Gasteiger partial charge in [-0.05, 0) is 40.0 Å². The van der Waals surface area contributed by atoms with Gasteiger partial charge in [0, 0.05) is 5.56 Å². The van der Waals surface area contributed by atoms with E-state index in [4.69, 9.17) is 4.74 Å². The van der Waals surface area contributed by atoms with Crippen molar-refractivity contribution >= 4 is 11.9 Å². The zero-order chi connectivity index (χ0) is 17.9. The highest BCUT2D eigenvalue weighted by atomic mass is 16.6. The van der Waals surface area contributed by atoms with Gasteiger partial charge < -0.3 is 20.3 Å². The molecule has 23 heavy (non-hydrogen) atoms. The van der Waals surface area contributed by atoms with Crippen molar-refractivity contribution in [2.24, 2.45) is 5.92 Å². The predicted octanol–water partition coefficient (Wildman–Crippen LogP) is 2.86. The Morgan fingerprint density at radius 2 is 1.78 bits per heavy atom. The van der Waals surface area contributed by atoms with E-state index in [-0.39, 0.29) is 22.9 Å². The van der Waals surface area contributed by atoms with E-state index < -0.39 is 29.4 Å². The number of carbonyl (C=O) groups excluding carboxylic acids is 2. The van der Waals surface area contributed by atoms with E-state index in [0.717, 1.165) is 0 Å². The number of amides is 1. The van der Waals surface area contributed by atoms with Crippen LogP contribution >= 0.6 is 0 Å². The van der Waals surface area contributed by atoms with Crippen LogP contribution in [0, 0.1) is 12.8 Å². The maximum Gasteiger partial charge on any atom is 0.408 e. The first-order chi connectivity index (χ1) is 10.4. The number of H-pyrrole nitrogens is 1. The van der Waals surface area contributed by atoms with Crippen molar-refractivity contribution < 1.29 is 24.5 Å². The van der Waals surface area contributed by atoms with E-state index in [1.807, 2.05) is 13.8 Å². The number of aromatic nitrogens is 1. The average molecular weight is 326 g/mol.